The molecule has 5 heteroatoms. The van der Waals surface area contributed by atoms with Gasteiger partial charge in [0.15, 0.2) is 0 Å². The number of carbonyl (C=O) groups excluding carboxylic acids is 1. The Hall–Kier alpha value is -1.62. The van der Waals surface area contributed by atoms with Gasteiger partial charge in [0.2, 0.25) is 0 Å². The molecule has 3 N–H and O–H groups in total. The average molecular weight is 265 g/mol. The van der Waals surface area contributed by atoms with Crippen LogP contribution in [0.2, 0.25) is 0 Å². The van der Waals surface area contributed by atoms with E-state index in [-0.39, 0.29) is 18.6 Å². The van der Waals surface area contributed by atoms with Crippen LogP contribution in [0.1, 0.15) is 24.5 Å². The second-order valence-corrected chi connectivity index (χ2v) is 4.81. The number of aromatic nitrogens is 1. The van der Waals surface area contributed by atoms with Gasteiger partial charge in [-0.3, -0.25) is 4.98 Å². The second kappa shape index (κ2) is 8.48. The zero-order chi connectivity index (χ0) is 14.1. The van der Waals surface area contributed by atoms with Crippen LogP contribution in [-0.4, -0.2) is 35.8 Å². The van der Waals surface area contributed by atoms with Crippen LogP contribution in [0, 0.1) is 12.8 Å². The van der Waals surface area contributed by atoms with Gasteiger partial charge in [0.25, 0.3) is 0 Å². The number of aryl methyl sites for hydroxylation is 1. The van der Waals surface area contributed by atoms with Crippen molar-refractivity contribution in [1.82, 2.24) is 15.6 Å². The van der Waals surface area contributed by atoms with Gasteiger partial charge in [0, 0.05) is 32.1 Å². The number of pyridine rings is 1. The lowest BCUT2D eigenvalue weighted by Gasteiger charge is -2.12. The van der Waals surface area contributed by atoms with Crippen LogP contribution in [0.3, 0.4) is 0 Å². The van der Waals surface area contributed by atoms with E-state index in [0.29, 0.717) is 19.5 Å². The minimum atomic E-state index is -0.156. The van der Waals surface area contributed by atoms with E-state index in [1.807, 2.05) is 26.1 Å². The van der Waals surface area contributed by atoms with Gasteiger partial charge in [-0.25, -0.2) is 4.79 Å². The lowest BCUT2D eigenvalue weighted by molar-refractivity contribution is 0.234. The van der Waals surface area contributed by atoms with Gasteiger partial charge >= 0.3 is 6.03 Å². The SMILES string of the molecule is Cc1cnccc1CCNC(=O)NCC(C)CCO. The standard InChI is InChI=1S/C14H23N3O2/c1-11(5-8-18)9-17-14(19)16-7-4-13-3-6-15-10-12(13)2/h3,6,10-11,18H,4-5,7-9H2,1-2H3,(H2,16,17,19). The molecule has 1 atom stereocenters. The maximum absolute atomic E-state index is 11.5. The molecule has 2 amide bonds. The summed E-state index contributed by atoms with van der Waals surface area (Å²) in [6, 6.07) is 1.81. The number of aliphatic hydroxyl groups excluding tert-OH is 1. The van der Waals surface area contributed by atoms with E-state index in [2.05, 4.69) is 15.6 Å². The van der Waals surface area contributed by atoms with E-state index in [1.165, 1.54) is 5.56 Å². The highest BCUT2D eigenvalue weighted by Gasteiger charge is 2.04. The molecule has 0 radical (unpaired) electrons. The average Bonchev–Trinajstić information content (AvgIpc) is 2.39. The summed E-state index contributed by atoms with van der Waals surface area (Å²) in [5.41, 5.74) is 2.34. The van der Waals surface area contributed by atoms with Crippen molar-refractivity contribution < 1.29 is 9.90 Å². The van der Waals surface area contributed by atoms with Crippen molar-refractivity contribution >= 4 is 6.03 Å². The third kappa shape index (κ3) is 6.20. The Bertz CT molecular complexity index is 396. The molecule has 0 saturated carbocycles. The molecule has 5 nitrogen and oxygen atoms in total. The number of aliphatic hydroxyl groups is 1. The van der Waals surface area contributed by atoms with Crippen LogP contribution in [-0.2, 0) is 6.42 Å². The predicted molar refractivity (Wildman–Crippen MR) is 74.9 cm³/mol. The molecule has 1 aromatic heterocycles. The third-order valence-corrected chi connectivity index (χ3v) is 3.05. The number of nitrogens with zero attached hydrogens (tertiary/aromatic N) is 1. The number of rotatable bonds is 7. The van der Waals surface area contributed by atoms with Gasteiger partial charge in [-0.1, -0.05) is 6.92 Å². The summed E-state index contributed by atoms with van der Waals surface area (Å²) in [6.07, 6.45) is 5.09. The minimum absolute atomic E-state index is 0.156. The quantitative estimate of drug-likeness (QED) is 0.694. The molecule has 19 heavy (non-hydrogen) atoms. The number of hydrogen-bond acceptors (Lipinski definition) is 3. The highest BCUT2D eigenvalue weighted by atomic mass is 16.3. The lowest BCUT2D eigenvalue weighted by atomic mass is 10.1. The van der Waals surface area contributed by atoms with Gasteiger partial charge in [-0.2, -0.15) is 0 Å². The summed E-state index contributed by atoms with van der Waals surface area (Å²) < 4.78 is 0. The van der Waals surface area contributed by atoms with Crippen LogP contribution < -0.4 is 10.6 Å². The fourth-order valence-corrected chi connectivity index (χ4v) is 1.75. The normalized spacial score (nSPS) is 11.9. The maximum atomic E-state index is 11.5. The number of carbonyl (C=O) groups is 1. The maximum Gasteiger partial charge on any atom is 0.314 e. The van der Waals surface area contributed by atoms with Crippen LogP contribution in [0.5, 0.6) is 0 Å². The topological polar surface area (TPSA) is 74.2 Å². The Morgan fingerprint density at radius 2 is 2.26 bits per heavy atom. The van der Waals surface area contributed by atoms with Crippen molar-refractivity contribution in [2.24, 2.45) is 5.92 Å². The first-order valence-corrected chi connectivity index (χ1v) is 6.65. The zero-order valence-electron chi connectivity index (χ0n) is 11.6. The molecule has 0 aliphatic heterocycles. The van der Waals surface area contributed by atoms with Crippen LogP contribution >= 0.6 is 0 Å². The van der Waals surface area contributed by atoms with Gasteiger partial charge in [0.05, 0.1) is 0 Å². The Morgan fingerprint density at radius 1 is 1.47 bits per heavy atom. The molecule has 0 aliphatic carbocycles. The first-order chi connectivity index (χ1) is 9.13. The molecule has 0 saturated heterocycles. The van der Waals surface area contributed by atoms with E-state index < -0.39 is 0 Å². The van der Waals surface area contributed by atoms with Crippen molar-refractivity contribution in [3.8, 4) is 0 Å². The Labute approximate surface area is 114 Å². The first-order valence-electron chi connectivity index (χ1n) is 6.65. The molecule has 1 aromatic rings. The lowest BCUT2D eigenvalue weighted by Crippen LogP contribution is -2.38. The fraction of sp³-hybridized carbons (Fsp3) is 0.571. The molecule has 0 aromatic carbocycles. The molecule has 0 bridgehead atoms. The largest absolute Gasteiger partial charge is 0.396 e. The monoisotopic (exact) mass is 265 g/mol. The number of urea groups is 1. The summed E-state index contributed by atoms with van der Waals surface area (Å²) in [5.74, 6) is 0.290. The predicted octanol–water partition coefficient (Wildman–Crippen LogP) is 1.25. The van der Waals surface area contributed by atoms with Crippen molar-refractivity contribution in [1.29, 1.82) is 0 Å². The molecular formula is C14H23N3O2. The molecular weight excluding hydrogens is 242 g/mol. The van der Waals surface area contributed by atoms with Gasteiger partial charge in [0.1, 0.15) is 0 Å². The summed E-state index contributed by atoms with van der Waals surface area (Å²) in [7, 11) is 0. The van der Waals surface area contributed by atoms with Crippen molar-refractivity contribution in [3.63, 3.8) is 0 Å². The Kier molecular flexibility index (Phi) is 6.89. The number of hydrogen-bond donors (Lipinski definition) is 3. The van der Waals surface area contributed by atoms with Gasteiger partial charge in [-0.15, -0.1) is 0 Å². The molecule has 1 rings (SSSR count). The van der Waals surface area contributed by atoms with E-state index in [0.717, 1.165) is 12.0 Å². The highest BCUT2D eigenvalue weighted by molar-refractivity contribution is 5.73. The van der Waals surface area contributed by atoms with E-state index in [9.17, 15) is 4.79 Å². The highest BCUT2D eigenvalue weighted by Crippen LogP contribution is 2.04. The van der Waals surface area contributed by atoms with Crippen LogP contribution in [0.15, 0.2) is 18.5 Å². The van der Waals surface area contributed by atoms with E-state index in [4.69, 9.17) is 5.11 Å². The smallest absolute Gasteiger partial charge is 0.314 e. The molecule has 1 unspecified atom stereocenters. The Balaban J connectivity index is 2.19. The minimum Gasteiger partial charge on any atom is -0.396 e. The summed E-state index contributed by atoms with van der Waals surface area (Å²) in [6.45, 7) is 5.35. The van der Waals surface area contributed by atoms with Crippen molar-refractivity contribution in [2.45, 2.75) is 26.7 Å². The number of amides is 2. The van der Waals surface area contributed by atoms with Crippen LogP contribution in [0.4, 0.5) is 4.79 Å². The molecule has 1 heterocycles. The second-order valence-electron chi connectivity index (χ2n) is 4.81. The van der Waals surface area contributed by atoms with E-state index in [1.54, 1.807) is 6.20 Å². The van der Waals surface area contributed by atoms with Gasteiger partial charge in [-0.05, 0) is 42.9 Å². The molecule has 0 aliphatic rings. The van der Waals surface area contributed by atoms with E-state index >= 15 is 0 Å². The summed E-state index contributed by atoms with van der Waals surface area (Å²) >= 11 is 0. The summed E-state index contributed by atoms with van der Waals surface area (Å²) in [4.78, 5) is 15.6. The summed E-state index contributed by atoms with van der Waals surface area (Å²) in [5, 5.41) is 14.4. The molecule has 0 spiro atoms. The number of nitrogens with one attached hydrogen (secondary N) is 2. The molecule has 0 fully saturated rings. The Morgan fingerprint density at radius 3 is 2.95 bits per heavy atom. The van der Waals surface area contributed by atoms with Gasteiger partial charge < -0.3 is 15.7 Å². The molecule has 106 valence electrons. The third-order valence-electron chi connectivity index (χ3n) is 3.05. The fourth-order valence-electron chi connectivity index (χ4n) is 1.75. The van der Waals surface area contributed by atoms with Crippen molar-refractivity contribution in [2.75, 3.05) is 19.7 Å². The zero-order valence-corrected chi connectivity index (χ0v) is 11.6. The van der Waals surface area contributed by atoms with Crippen molar-refractivity contribution in [3.05, 3.63) is 29.6 Å². The van der Waals surface area contributed by atoms with Crippen LogP contribution in [0.25, 0.3) is 0 Å². The first kappa shape index (κ1) is 15.4.